The molecule has 1 unspecified atom stereocenters. The van der Waals surface area contributed by atoms with E-state index in [0.29, 0.717) is 6.04 Å². The van der Waals surface area contributed by atoms with Gasteiger partial charge in [-0.3, -0.25) is 9.88 Å². The first-order chi connectivity index (χ1) is 11.5. The van der Waals surface area contributed by atoms with Crippen LogP contribution in [0.2, 0.25) is 0 Å². The molecule has 1 aromatic carbocycles. The van der Waals surface area contributed by atoms with Gasteiger partial charge in [-0.1, -0.05) is 6.07 Å². The van der Waals surface area contributed by atoms with Crippen molar-refractivity contribution in [2.75, 3.05) is 20.7 Å². The van der Waals surface area contributed by atoms with Crippen molar-refractivity contribution in [1.29, 1.82) is 0 Å². The van der Waals surface area contributed by atoms with Gasteiger partial charge in [0.1, 0.15) is 0 Å². The van der Waals surface area contributed by atoms with Crippen molar-refractivity contribution < 1.29 is 19.7 Å². The lowest BCUT2D eigenvalue weighted by Gasteiger charge is -2.18. The van der Waals surface area contributed by atoms with E-state index in [2.05, 4.69) is 23.0 Å². The Morgan fingerprint density at radius 2 is 2.17 bits per heavy atom. The van der Waals surface area contributed by atoms with Crippen molar-refractivity contribution in [2.24, 2.45) is 0 Å². The van der Waals surface area contributed by atoms with E-state index in [1.807, 2.05) is 18.5 Å². The third-order valence-corrected chi connectivity index (χ3v) is 4.02. The molecule has 6 nitrogen and oxygen atoms in total. The molecule has 0 bridgehead atoms. The molecule has 0 amide bonds. The molecule has 6 heteroatoms. The number of aromatic hydroxyl groups is 1. The average molecular weight is 330 g/mol. The maximum absolute atomic E-state index is 10.4. The summed E-state index contributed by atoms with van der Waals surface area (Å²) in [4.78, 5) is 17.0. The highest BCUT2D eigenvalue weighted by Crippen LogP contribution is 2.29. The van der Waals surface area contributed by atoms with Crippen LogP contribution < -0.4 is 4.74 Å². The van der Waals surface area contributed by atoms with Crippen LogP contribution in [-0.2, 0) is 0 Å². The Morgan fingerprint density at radius 3 is 2.71 bits per heavy atom. The number of pyridine rings is 1. The summed E-state index contributed by atoms with van der Waals surface area (Å²) in [7, 11) is 3.55. The zero-order valence-electron chi connectivity index (χ0n) is 13.8. The second kappa shape index (κ2) is 8.31. The van der Waals surface area contributed by atoms with Crippen LogP contribution in [0.25, 0.3) is 0 Å². The van der Waals surface area contributed by atoms with Crippen molar-refractivity contribution in [3.05, 3.63) is 53.9 Å². The van der Waals surface area contributed by atoms with Gasteiger partial charge in [0.05, 0.1) is 12.7 Å². The van der Waals surface area contributed by atoms with Gasteiger partial charge in [0.2, 0.25) is 0 Å². The molecule has 2 heterocycles. The molecular formula is C18H22N2O4. The molecule has 1 fully saturated rings. The molecule has 24 heavy (non-hydrogen) atoms. The molecule has 1 saturated heterocycles. The summed E-state index contributed by atoms with van der Waals surface area (Å²) in [5.41, 5.74) is 1.45. The van der Waals surface area contributed by atoms with Crippen LogP contribution >= 0.6 is 0 Å². The number of phenolic OH excluding ortho intramolecular Hbond substituents is 1. The average Bonchev–Trinajstić information content (AvgIpc) is 3.02. The summed E-state index contributed by atoms with van der Waals surface area (Å²) >= 11 is 0. The molecule has 1 aromatic heterocycles. The molecule has 2 aromatic rings. The first kappa shape index (κ1) is 17.7. The van der Waals surface area contributed by atoms with E-state index < -0.39 is 5.97 Å². The van der Waals surface area contributed by atoms with Crippen LogP contribution in [0.5, 0.6) is 11.5 Å². The van der Waals surface area contributed by atoms with E-state index in [-0.39, 0.29) is 17.1 Å². The number of carboxylic acids is 1. The number of methoxy groups -OCH3 is 1. The molecule has 1 atom stereocenters. The second-order valence-corrected chi connectivity index (χ2v) is 5.62. The largest absolute Gasteiger partial charge is 0.504 e. The quantitative estimate of drug-likeness (QED) is 0.900. The van der Waals surface area contributed by atoms with Gasteiger partial charge >= 0.3 is 5.97 Å². The molecule has 0 radical (unpaired) electrons. The maximum Gasteiger partial charge on any atom is 0.335 e. The van der Waals surface area contributed by atoms with Gasteiger partial charge in [-0.2, -0.15) is 0 Å². The number of aromatic carboxylic acids is 1. The topological polar surface area (TPSA) is 82.9 Å². The number of aromatic nitrogens is 1. The Bertz CT molecular complexity index is 676. The molecule has 3 rings (SSSR count). The highest BCUT2D eigenvalue weighted by molar-refractivity contribution is 5.88. The smallest absolute Gasteiger partial charge is 0.335 e. The number of rotatable bonds is 3. The number of hydrogen-bond acceptors (Lipinski definition) is 5. The zero-order valence-corrected chi connectivity index (χ0v) is 13.8. The van der Waals surface area contributed by atoms with E-state index in [9.17, 15) is 4.79 Å². The van der Waals surface area contributed by atoms with Crippen LogP contribution in [-0.4, -0.2) is 46.8 Å². The van der Waals surface area contributed by atoms with Gasteiger partial charge in [-0.05, 0) is 56.3 Å². The second-order valence-electron chi connectivity index (χ2n) is 5.62. The Labute approximate surface area is 141 Å². The van der Waals surface area contributed by atoms with E-state index in [1.54, 1.807) is 0 Å². The lowest BCUT2D eigenvalue weighted by atomic mass is 10.1. The number of hydrogen-bond donors (Lipinski definition) is 2. The fourth-order valence-electron chi connectivity index (χ4n) is 2.72. The number of carboxylic acid groups (broad SMARTS) is 1. The van der Waals surface area contributed by atoms with Gasteiger partial charge in [-0.25, -0.2) is 4.79 Å². The summed E-state index contributed by atoms with van der Waals surface area (Å²) in [6, 6.07) is 8.64. The van der Waals surface area contributed by atoms with Crippen molar-refractivity contribution in [3.63, 3.8) is 0 Å². The Morgan fingerprint density at radius 1 is 1.38 bits per heavy atom. The van der Waals surface area contributed by atoms with Crippen LogP contribution in [0, 0.1) is 0 Å². The van der Waals surface area contributed by atoms with Crippen LogP contribution in [0.15, 0.2) is 42.7 Å². The Balaban J connectivity index is 0.000000174. The van der Waals surface area contributed by atoms with Crippen LogP contribution in [0.4, 0.5) is 0 Å². The van der Waals surface area contributed by atoms with Crippen molar-refractivity contribution >= 4 is 5.97 Å². The molecular weight excluding hydrogens is 308 g/mol. The molecule has 0 saturated carbocycles. The Hall–Kier alpha value is -2.60. The minimum absolute atomic E-state index is 0.0671. The third kappa shape index (κ3) is 4.45. The van der Waals surface area contributed by atoms with E-state index in [0.717, 1.165) is 0 Å². The highest BCUT2D eigenvalue weighted by Gasteiger charge is 2.21. The fraction of sp³-hybridized carbons (Fsp3) is 0.333. The van der Waals surface area contributed by atoms with Gasteiger partial charge in [0.15, 0.2) is 11.5 Å². The summed E-state index contributed by atoms with van der Waals surface area (Å²) in [6.45, 7) is 1.22. The van der Waals surface area contributed by atoms with E-state index >= 15 is 0 Å². The third-order valence-electron chi connectivity index (χ3n) is 4.02. The number of carbonyl (C=O) groups is 1. The fourth-order valence-corrected chi connectivity index (χ4v) is 2.72. The SMILES string of the molecule is CN1CCCC1c1cccnc1.COc1cc(C(=O)O)ccc1O. The maximum atomic E-state index is 10.4. The molecule has 1 aliphatic heterocycles. The standard InChI is InChI=1S/C10H14N2.C8H8O4/c1-12-7-3-5-10(12)9-4-2-6-11-8-9;1-12-7-4-5(8(10)11)2-3-6(7)9/h2,4,6,8,10H,3,5,7H2,1H3;2-4,9H,1H3,(H,10,11). The molecule has 0 spiro atoms. The number of likely N-dealkylation sites (tertiary alicyclic amines) is 1. The number of phenols is 1. The summed E-state index contributed by atoms with van der Waals surface area (Å²) in [6.07, 6.45) is 6.41. The molecule has 1 aliphatic rings. The first-order valence-corrected chi connectivity index (χ1v) is 7.73. The minimum atomic E-state index is -1.05. The monoisotopic (exact) mass is 330 g/mol. The number of benzene rings is 1. The molecule has 2 N–H and O–H groups in total. The van der Waals surface area contributed by atoms with Crippen molar-refractivity contribution in [2.45, 2.75) is 18.9 Å². The first-order valence-electron chi connectivity index (χ1n) is 7.73. The van der Waals surface area contributed by atoms with Gasteiger partial charge < -0.3 is 14.9 Å². The van der Waals surface area contributed by atoms with E-state index in [4.69, 9.17) is 14.9 Å². The summed E-state index contributed by atoms with van der Waals surface area (Å²) in [5, 5.41) is 17.7. The van der Waals surface area contributed by atoms with Crippen molar-refractivity contribution in [3.8, 4) is 11.5 Å². The van der Waals surface area contributed by atoms with Crippen LogP contribution in [0.1, 0.15) is 34.8 Å². The van der Waals surface area contributed by atoms with E-state index in [1.165, 1.54) is 50.3 Å². The van der Waals surface area contributed by atoms with Gasteiger partial charge in [0, 0.05) is 18.4 Å². The van der Waals surface area contributed by atoms with Gasteiger partial charge in [0.25, 0.3) is 0 Å². The predicted octanol–water partition coefficient (Wildman–Crippen LogP) is 2.95. The number of nitrogens with zero attached hydrogens (tertiary/aromatic N) is 2. The minimum Gasteiger partial charge on any atom is -0.504 e. The predicted molar refractivity (Wildman–Crippen MR) is 90.5 cm³/mol. The lowest BCUT2D eigenvalue weighted by Crippen LogP contribution is -2.17. The lowest BCUT2D eigenvalue weighted by molar-refractivity contribution is 0.0696. The number of ether oxygens (including phenoxy) is 1. The summed E-state index contributed by atoms with van der Waals surface area (Å²) in [5.74, 6) is -0.953. The zero-order chi connectivity index (χ0) is 17.5. The van der Waals surface area contributed by atoms with Crippen molar-refractivity contribution in [1.82, 2.24) is 9.88 Å². The van der Waals surface area contributed by atoms with Gasteiger partial charge in [-0.15, -0.1) is 0 Å². The molecule has 128 valence electrons. The Kier molecular flexibility index (Phi) is 6.14. The molecule has 0 aliphatic carbocycles. The van der Waals surface area contributed by atoms with Crippen LogP contribution in [0.3, 0.4) is 0 Å². The summed E-state index contributed by atoms with van der Waals surface area (Å²) < 4.78 is 4.72. The normalized spacial score (nSPS) is 17.0. The highest BCUT2D eigenvalue weighted by atomic mass is 16.5.